The molecule has 0 aromatic heterocycles. The van der Waals surface area contributed by atoms with E-state index in [1.165, 1.54) is 11.3 Å². The van der Waals surface area contributed by atoms with Gasteiger partial charge in [0.25, 0.3) is 0 Å². The SMILES string of the molecule is C[C@@H]1CN(c2ccc([C@H](C)N)cc2)C[C@H](C)O1. The lowest BCUT2D eigenvalue weighted by Gasteiger charge is -2.37. The third-order valence-electron chi connectivity index (χ3n) is 3.20. The summed E-state index contributed by atoms with van der Waals surface area (Å²) in [5.74, 6) is 0. The number of anilines is 1. The van der Waals surface area contributed by atoms with Crippen molar-refractivity contribution in [2.24, 2.45) is 5.73 Å². The Labute approximate surface area is 104 Å². The Kier molecular flexibility index (Phi) is 3.69. The molecule has 0 spiro atoms. The Morgan fingerprint density at radius 2 is 1.71 bits per heavy atom. The Morgan fingerprint density at radius 1 is 1.18 bits per heavy atom. The van der Waals surface area contributed by atoms with Crippen molar-refractivity contribution < 1.29 is 4.74 Å². The second-order valence-electron chi connectivity index (χ2n) is 5.04. The quantitative estimate of drug-likeness (QED) is 0.853. The van der Waals surface area contributed by atoms with Crippen LogP contribution in [0.3, 0.4) is 0 Å². The molecule has 1 fully saturated rings. The topological polar surface area (TPSA) is 38.5 Å². The van der Waals surface area contributed by atoms with Gasteiger partial charge in [0.15, 0.2) is 0 Å². The number of hydrogen-bond acceptors (Lipinski definition) is 3. The fourth-order valence-corrected chi connectivity index (χ4v) is 2.38. The van der Waals surface area contributed by atoms with Gasteiger partial charge in [0.1, 0.15) is 0 Å². The molecule has 0 unspecified atom stereocenters. The van der Waals surface area contributed by atoms with Gasteiger partial charge in [-0.05, 0) is 38.5 Å². The third kappa shape index (κ3) is 2.99. The standard InChI is InChI=1S/C14H22N2O/c1-10-8-16(9-11(2)17-10)14-6-4-13(5-7-14)12(3)15/h4-7,10-12H,8-9,15H2,1-3H3/t10-,11+,12-/m0/s1. The van der Waals surface area contributed by atoms with Gasteiger partial charge < -0.3 is 15.4 Å². The van der Waals surface area contributed by atoms with Crippen LogP contribution in [0.1, 0.15) is 32.4 Å². The number of morpholine rings is 1. The van der Waals surface area contributed by atoms with E-state index >= 15 is 0 Å². The van der Waals surface area contributed by atoms with Crippen LogP contribution in [0.4, 0.5) is 5.69 Å². The van der Waals surface area contributed by atoms with Gasteiger partial charge in [-0.15, -0.1) is 0 Å². The van der Waals surface area contributed by atoms with Crippen LogP contribution in [0.2, 0.25) is 0 Å². The zero-order chi connectivity index (χ0) is 12.4. The van der Waals surface area contributed by atoms with Gasteiger partial charge in [0, 0.05) is 24.8 Å². The second kappa shape index (κ2) is 5.07. The number of rotatable bonds is 2. The summed E-state index contributed by atoms with van der Waals surface area (Å²) in [7, 11) is 0. The van der Waals surface area contributed by atoms with Crippen molar-refractivity contribution in [3.8, 4) is 0 Å². The molecule has 0 amide bonds. The van der Waals surface area contributed by atoms with E-state index in [0.717, 1.165) is 13.1 Å². The predicted molar refractivity (Wildman–Crippen MR) is 71.3 cm³/mol. The normalized spacial score (nSPS) is 26.9. The van der Waals surface area contributed by atoms with Crippen molar-refractivity contribution in [1.82, 2.24) is 0 Å². The van der Waals surface area contributed by atoms with Gasteiger partial charge in [0.2, 0.25) is 0 Å². The molecule has 0 aliphatic carbocycles. The van der Waals surface area contributed by atoms with Crippen LogP contribution in [0.15, 0.2) is 24.3 Å². The number of ether oxygens (including phenoxy) is 1. The Bertz CT molecular complexity index is 351. The molecule has 0 bridgehead atoms. The summed E-state index contributed by atoms with van der Waals surface area (Å²) in [5.41, 5.74) is 8.30. The van der Waals surface area contributed by atoms with Crippen LogP contribution in [-0.4, -0.2) is 25.3 Å². The van der Waals surface area contributed by atoms with Crippen LogP contribution in [-0.2, 0) is 4.74 Å². The first-order valence-electron chi connectivity index (χ1n) is 6.32. The molecule has 3 atom stereocenters. The maximum Gasteiger partial charge on any atom is 0.0726 e. The lowest BCUT2D eigenvalue weighted by Crippen LogP contribution is -2.45. The van der Waals surface area contributed by atoms with Crippen molar-refractivity contribution in [3.05, 3.63) is 29.8 Å². The molecule has 0 saturated carbocycles. The summed E-state index contributed by atoms with van der Waals surface area (Å²) >= 11 is 0. The summed E-state index contributed by atoms with van der Waals surface area (Å²) < 4.78 is 5.74. The average Bonchev–Trinajstić information content (AvgIpc) is 2.28. The van der Waals surface area contributed by atoms with Crippen LogP contribution >= 0.6 is 0 Å². The van der Waals surface area contributed by atoms with E-state index in [4.69, 9.17) is 10.5 Å². The number of nitrogens with zero attached hydrogens (tertiary/aromatic N) is 1. The summed E-state index contributed by atoms with van der Waals surface area (Å²) in [6.07, 6.45) is 0.596. The minimum absolute atomic E-state index is 0.103. The zero-order valence-electron chi connectivity index (χ0n) is 10.9. The van der Waals surface area contributed by atoms with Gasteiger partial charge in [-0.1, -0.05) is 12.1 Å². The summed E-state index contributed by atoms with van der Waals surface area (Å²) in [6, 6.07) is 8.65. The molecular formula is C14H22N2O. The van der Waals surface area contributed by atoms with Gasteiger partial charge in [-0.3, -0.25) is 0 Å². The zero-order valence-corrected chi connectivity index (χ0v) is 10.9. The van der Waals surface area contributed by atoms with E-state index in [1.807, 2.05) is 6.92 Å². The van der Waals surface area contributed by atoms with E-state index in [2.05, 4.69) is 43.0 Å². The molecule has 1 heterocycles. The molecular weight excluding hydrogens is 212 g/mol. The average molecular weight is 234 g/mol. The minimum atomic E-state index is 0.103. The highest BCUT2D eigenvalue weighted by Crippen LogP contribution is 2.22. The van der Waals surface area contributed by atoms with Crippen molar-refractivity contribution in [3.63, 3.8) is 0 Å². The number of benzene rings is 1. The first kappa shape index (κ1) is 12.4. The van der Waals surface area contributed by atoms with E-state index in [-0.39, 0.29) is 6.04 Å². The van der Waals surface area contributed by atoms with E-state index in [9.17, 15) is 0 Å². The highest BCUT2D eigenvalue weighted by atomic mass is 16.5. The molecule has 1 aliphatic heterocycles. The monoisotopic (exact) mass is 234 g/mol. The fourth-order valence-electron chi connectivity index (χ4n) is 2.38. The fraction of sp³-hybridized carbons (Fsp3) is 0.571. The van der Waals surface area contributed by atoms with Gasteiger partial charge in [0.05, 0.1) is 12.2 Å². The van der Waals surface area contributed by atoms with Crippen molar-refractivity contribution >= 4 is 5.69 Å². The lowest BCUT2D eigenvalue weighted by atomic mass is 10.1. The van der Waals surface area contributed by atoms with Crippen molar-refractivity contribution in [1.29, 1.82) is 0 Å². The Morgan fingerprint density at radius 3 is 2.18 bits per heavy atom. The molecule has 3 nitrogen and oxygen atoms in total. The molecule has 3 heteroatoms. The molecule has 1 aromatic carbocycles. The third-order valence-corrected chi connectivity index (χ3v) is 3.20. The first-order valence-corrected chi connectivity index (χ1v) is 6.32. The minimum Gasteiger partial charge on any atom is -0.372 e. The van der Waals surface area contributed by atoms with E-state index < -0.39 is 0 Å². The maximum atomic E-state index is 5.85. The van der Waals surface area contributed by atoms with Crippen molar-refractivity contribution in [2.75, 3.05) is 18.0 Å². The van der Waals surface area contributed by atoms with E-state index in [1.54, 1.807) is 0 Å². The summed E-state index contributed by atoms with van der Waals surface area (Å²) in [4.78, 5) is 2.38. The molecule has 0 radical (unpaired) electrons. The molecule has 1 aliphatic rings. The molecule has 2 N–H and O–H groups in total. The Balaban J connectivity index is 2.11. The highest BCUT2D eigenvalue weighted by molar-refractivity contribution is 5.48. The number of nitrogens with two attached hydrogens (primary N) is 1. The lowest BCUT2D eigenvalue weighted by molar-refractivity contribution is -0.00521. The highest BCUT2D eigenvalue weighted by Gasteiger charge is 2.22. The van der Waals surface area contributed by atoms with Crippen LogP contribution in [0, 0.1) is 0 Å². The van der Waals surface area contributed by atoms with Gasteiger partial charge in [-0.2, -0.15) is 0 Å². The van der Waals surface area contributed by atoms with E-state index in [0.29, 0.717) is 12.2 Å². The van der Waals surface area contributed by atoms with Gasteiger partial charge >= 0.3 is 0 Å². The number of hydrogen-bond donors (Lipinski definition) is 1. The molecule has 1 aromatic rings. The second-order valence-corrected chi connectivity index (χ2v) is 5.04. The molecule has 17 heavy (non-hydrogen) atoms. The van der Waals surface area contributed by atoms with Crippen LogP contribution < -0.4 is 10.6 Å². The van der Waals surface area contributed by atoms with Crippen LogP contribution in [0.5, 0.6) is 0 Å². The summed E-state index contributed by atoms with van der Waals surface area (Å²) in [6.45, 7) is 8.18. The molecule has 1 saturated heterocycles. The molecule has 94 valence electrons. The smallest absolute Gasteiger partial charge is 0.0726 e. The van der Waals surface area contributed by atoms with Crippen molar-refractivity contribution in [2.45, 2.75) is 39.0 Å². The predicted octanol–water partition coefficient (Wildman–Crippen LogP) is 2.32. The summed E-state index contributed by atoms with van der Waals surface area (Å²) in [5, 5.41) is 0. The largest absolute Gasteiger partial charge is 0.372 e. The molecule has 2 rings (SSSR count). The van der Waals surface area contributed by atoms with Crippen LogP contribution in [0.25, 0.3) is 0 Å². The maximum absolute atomic E-state index is 5.85. The first-order chi connectivity index (χ1) is 8.06. The van der Waals surface area contributed by atoms with Gasteiger partial charge in [-0.25, -0.2) is 0 Å². The Hall–Kier alpha value is -1.06.